The monoisotopic (exact) mass is 311 g/mol. The van der Waals surface area contributed by atoms with Crippen molar-refractivity contribution < 1.29 is 13.2 Å². The fourth-order valence-corrected chi connectivity index (χ4v) is 2.72. The highest BCUT2D eigenvalue weighted by Crippen LogP contribution is 2.31. The standard InChI is InChI=1S/C14H14ClNO3S/c1-3-10(2)9-19-12-6-7-13(20(15,17)18)14-11(12)5-4-8-16-14/h4-8H,2-3,9H2,1H3. The van der Waals surface area contributed by atoms with E-state index in [2.05, 4.69) is 11.6 Å². The number of fused-ring (bicyclic) bond motifs is 1. The van der Waals surface area contributed by atoms with Crippen LogP contribution in [-0.2, 0) is 9.05 Å². The van der Waals surface area contributed by atoms with Gasteiger partial charge in [-0.05, 0) is 36.3 Å². The molecule has 2 aromatic rings. The average molecular weight is 312 g/mol. The van der Waals surface area contributed by atoms with E-state index in [4.69, 9.17) is 15.4 Å². The number of ether oxygens (including phenoxy) is 1. The predicted molar refractivity (Wildman–Crippen MR) is 79.7 cm³/mol. The van der Waals surface area contributed by atoms with Crippen LogP contribution in [0.4, 0.5) is 0 Å². The van der Waals surface area contributed by atoms with E-state index < -0.39 is 9.05 Å². The van der Waals surface area contributed by atoms with E-state index in [1.165, 1.54) is 12.3 Å². The Hall–Kier alpha value is -1.59. The van der Waals surface area contributed by atoms with Gasteiger partial charge >= 0.3 is 0 Å². The van der Waals surface area contributed by atoms with Crippen LogP contribution in [0.15, 0.2) is 47.5 Å². The van der Waals surface area contributed by atoms with Crippen molar-refractivity contribution in [3.05, 3.63) is 42.6 Å². The number of nitrogens with zero attached hydrogens (tertiary/aromatic N) is 1. The predicted octanol–water partition coefficient (Wildman–Crippen LogP) is 3.51. The highest BCUT2D eigenvalue weighted by atomic mass is 35.7. The van der Waals surface area contributed by atoms with Gasteiger partial charge in [-0.3, -0.25) is 4.98 Å². The zero-order valence-electron chi connectivity index (χ0n) is 11.0. The molecular formula is C14H14ClNO3S. The second kappa shape index (κ2) is 5.81. The molecule has 6 heteroatoms. The van der Waals surface area contributed by atoms with Gasteiger partial charge in [0, 0.05) is 22.3 Å². The number of pyridine rings is 1. The SMILES string of the molecule is C=C(CC)COc1ccc(S(=O)(=O)Cl)c2ncccc12. The zero-order chi connectivity index (χ0) is 14.8. The Morgan fingerprint density at radius 3 is 2.80 bits per heavy atom. The summed E-state index contributed by atoms with van der Waals surface area (Å²) in [6, 6.07) is 6.45. The van der Waals surface area contributed by atoms with Crippen LogP contribution in [0.1, 0.15) is 13.3 Å². The van der Waals surface area contributed by atoms with Gasteiger partial charge in [0.25, 0.3) is 9.05 Å². The van der Waals surface area contributed by atoms with Crippen molar-refractivity contribution in [1.29, 1.82) is 0 Å². The van der Waals surface area contributed by atoms with E-state index in [1.54, 1.807) is 18.2 Å². The van der Waals surface area contributed by atoms with Crippen molar-refractivity contribution in [1.82, 2.24) is 4.98 Å². The summed E-state index contributed by atoms with van der Waals surface area (Å²) in [5.41, 5.74) is 1.26. The summed E-state index contributed by atoms with van der Waals surface area (Å²) in [5, 5.41) is 0.609. The molecule has 0 saturated heterocycles. The van der Waals surface area contributed by atoms with E-state index in [0.717, 1.165) is 12.0 Å². The average Bonchev–Trinajstić information content (AvgIpc) is 2.43. The second-order valence-corrected chi connectivity index (χ2v) is 6.83. The summed E-state index contributed by atoms with van der Waals surface area (Å²) >= 11 is 0. The zero-order valence-corrected chi connectivity index (χ0v) is 12.5. The maximum Gasteiger partial charge on any atom is 0.263 e. The van der Waals surface area contributed by atoms with Gasteiger partial charge in [0.2, 0.25) is 0 Å². The van der Waals surface area contributed by atoms with Gasteiger partial charge < -0.3 is 4.74 Å². The Bertz CT molecular complexity index is 756. The molecule has 0 unspecified atom stereocenters. The van der Waals surface area contributed by atoms with Gasteiger partial charge in [0.15, 0.2) is 0 Å². The highest BCUT2D eigenvalue weighted by molar-refractivity contribution is 8.14. The van der Waals surface area contributed by atoms with Gasteiger partial charge in [-0.15, -0.1) is 0 Å². The molecule has 0 aliphatic heterocycles. The van der Waals surface area contributed by atoms with Crippen LogP contribution in [0, 0.1) is 0 Å². The van der Waals surface area contributed by atoms with Crippen molar-refractivity contribution in [2.24, 2.45) is 0 Å². The Balaban J connectivity index is 2.52. The van der Waals surface area contributed by atoms with Crippen LogP contribution >= 0.6 is 10.7 Å². The van der Waals surface area contributed by atoms with Crippen LogP contribution in [0.3, 0.4) is 0 Å². The lowest BCUT2D eigenvalue weighted by molar-refractivity contribution is 0.353. The Morgan fingerprint density at radius 2 is 2.15 bits per heavy atom. The Morgan fingerprint density at radius 1 is 1.40 bits per heavy atom. The second-order valence-electron chi connectivity index (χ2n) is 4.29. The third-order valence-electron chi connectivity index (χ3n) is 2.89. The number of hydrogen-bond donors (Lipinski definition) is 0. The minimum absolute atomic E-state index is 0.0172. The van der Waals surface area contributed by atoms with Crippen molar-refractivity contribution in [2.75, 3.05) is 6.61 Å². The highest BCUT2D eigenvalue weighted by Gasteiger charge is 2.17. The Kier molecular flexibility index (Phi) is 4.30. The van der Waals surface area contributed by atoms with Gasteiger partial charge in [-0.1, -0.05) is 13.5 Å². The summed E-state index contributed by atoms with van der Waals surface area (Å²) in [7, 11) is 1.57. The largest absolute Gasteiger partial charge is 0.489 e. The summed E-state index contributed by atoms with van der Waals surface area (Å²) < 4.78 is 28.7. The summed E-state index contributed by atoms with van der Waals surface area (Å²) in [6.07, 6.45) is 2.34. The van der Waals surface area contributed by atoms with Crippen molar-refractivity contribution in [3.63, 3.8) is 0 Å². The molecule has 0 N–H and O–H groups in total. The molecule has 0 atom stereocenters. The smallest absolute Gasteiger partial charge is 0.263 e. The normalized spacial score (nSPS) is 11.5. The third kappa shape index (κ3) is 3.11. The molecule has 0 fully saturated rings. The molecular weight excluding hydrogens is 298 g/mol. The molecule has 4 nitrogen and oxygen atoms in total. The minimum Gasteiger partial charge on any atom is -0.489 e. The van der Waals surface area contributed by atoms with Gasteiger partial charge in [0.1, 0.15) is 17.3 Å². The molecule has 1 heterocycles. The molecule has 0 bridgehead atoms. The van der Waals surface area contributed by atoms with Crippen LogP contribution in [0.5, 0.6) is 5.75 Å². The van der Waals surface area contributed by atoms with Gasteiger partial charge in [-0.2, -0.15) is 0 Å². The number of hydrogen-bond acceptors (Lipinski definition) is 4. The van der Waals surface area contributed by atoms with Crippen molar-refractivity contribution >= 4 is 30.6 Å². The molecule has 0 aliphatic rings. The molecule has 0 amide bonds. The maximum absolute atomic E-state index is 11.5. The molecule has 20 heavy (non-hydrogen) atoms. The number of benzene rings is 1. The molecule has 0 aliphatic carbocycles. The fraction of sp³-hybridized carbons (Fsp3) is 0.214. The first-order valence-corrected chi connectivity index (χ1v) is 8.36. The van der Waals surface area contributed by atoms with Gasteiger partial charge in [-0.25, -0.2) is 8.42 Å². The fourth-order valence-electron chi connectivity index (χ4n) is 1.73. The van der Waals surface area contributed by atoms with Crippen molar-refractivity contribution in [2.45, 2.75) is 18.2 Å². The van der Waals surface area contributed by atoms with Crippen LogP contribution in [0.25, 0.3) is 10.9 Å². The summed E-state index contributed by atoms with van der Waals surface area (Å²) in [6.45, 7) is 6.24. The molecule has 0 spiro atoms. The number of aromatic nitrogens is 1. The summed E-state index contributed by atoms with van der Waals surface area (Å²) in [4.78, 5) is 4.07. The molecule has 0 radical (unpaired) electrons. The molecule has 1 aromatic heterocycles. The van der Waals surface area contributed by atoms with E-state index >= 15 is 0 Å². The third-order valence-corrected chi connectivity index (χ3v) is 4.24. The minimum atomic E-state index is -3.85. The first kappa shape index (κ1) is 14.8. The van der Waals surface area contributed by atoms with E-state index in [9.17, 15) is 8.42 Å². The first-order valence-electron chi connectivity index (χ1n) is 6.05. The lowest BCUT2D eigenvalue weighted by Crippen LogP contribution is -2.02. The van der Waals surface area contributed by atoms with E-state index in [0.29, 0.717) is 23.3 Å². The van der Waals surface area contributed by atoms with Crippen molar-refractivity contribution in [3.8, 4) is 5.75 Å². The lowest BCUT2D eigenvalue weighted by atomic mass is 10.2. The van der Waals surface area contributed by atoms with Gasteiger partial charge in [0.05, 0.1) is 5.52 Å². The van der Waals surface area contributed by atoms with E-state index in [1.807, 2.05) is 6.92 Å². The topological polar surface area (TPSA) is 56.3 Å². The quantitative estimate of drug-likeness (QED) is 0.626. The molecule has 2 rings (SSSR count). The van der Waals surface area contributed by atoms with Crippen LogP contribution in [0.2, 0.25) is 0 Å². The first-order chi connectivity index (χ1) is 9.43. The van der Waals surface area contributed by atoms with Crippen LogP contribution < -0.4 is 4.74 Å². The molecule has 106 valence electrons. The van der Waals surface area contributed by atoms with E-state index in [-0.39, 0.29) is 4.90 Å². The Labute approximate surface area is 122 Å². The van der Waals surface area contributed by atoms with Crippen LogP contribution in [-0.4, -0.2) is 20.0 Å². The maximum atomic E-state index is 11.5. The summed E-state index contributed by atoms with van der Waals surface area (Å²) in [5.74, 6) is 0.562. The number of rotatable bonds is 5. The lowest BCUT2D eigenvalue weighted by Gasteiger charge is -2.11. The molecule has 1 aromatic carbocycles. The number of halogens is 1. The molecule has 0 saturated carbocycles.